The number of fused-ring (bicyclic) bond motifs is 2. The smallest absolute Gasteiger partial charge is 0.410 e. The van der Waals surface area contributed by atoms with E-state index < -0.39 is 32.5 Å². The van der Waals surface area contributed by atoms with Crippen LogP contribution in [0.15, 0.2) is 121 Å². The molecule has 15 heteroatoms. The van der Waals surface area contributed by atoms with Crippen molar-refractivity contribution in [2.75, 3.05) is 98.5 Å². The summed E-state index contributed by atoms with van der Waals surface area (Å²) in [5.41, 5.74) is 3.87. The number of likely N-dealkylation sites (tertiary alicyclic amines) is 1. The third-order valence-electron chi connectivity index (χ3n) is 15.7. The van der Waals surface area contributed by atoms with Gasteiger partial charge in [-0.3, -0.25) is 9.80 Å². The first-order chi connectivity index (χ1) is 37.5. The minimum Gasteiger partial charge on any atom is -0.492 e. The van der Waals surface area contributed by atoms with E-state index in [1.165, 1.54) is 24.3 Å². The summed E-state index contributed by atoms with van der Waals surface area (Å²) in [6, 6.07) is 38.7. The summed E-state index contributed by atoms with van der Waals surface area (Å²) in [5, 5.41) is 7.98. The zero-order valence-electron chi connectivity index (χ0n) is 45.0. The SMILES string of the molecule is C[Si](C)(C)CC(OC(=O)N1CCC(c2ccc(F)cc2)C(OCc2cc(OCCN3CCOCC3)c3ccccc3c2)C1)C1NCCC(c2ccc(F)cc2)C1OCc1cc(OCCN2CCOCC2)c2ccccc2c1. The van der Waals surface area contributed by atoms with Crippen LogP contribution in [0.2, 0.25) is 25.7 Å². The normalized spacial score (nSPS) is 22.2. The first-order valence-corrected chi connectivity index (χ1v) is 31.5. The van der Waals surface area contributed by atoms with Crippen LogP contribution < -0.4 is 14.8 Å². The number of halogens is 2. The van der Waals surface area contributed by atoms with Gasteiger partial charge < -0.3 is 43.4 Å². The number of nitrogens with one attached hydrogen (secondary N) is 1. The number of rotatable bonds is 20. The Morgan fingerprint density at radius 3 is 1.71 bits per heavy atom. The number of morpholine rings is 2. The summed E-state index contributed by atoms with van der Waals surface area (Å²) in [6.07, 6.45) is -0.441. The molecule has 4 aliphatic heterocycles. The molecule has 6 aromatic carbocycles. The Morgan fingerprint density at radius 2 is 1.17 bits per heavy atom. The van der Waals surface area contributed by atoms with E-state index in [0.717, 1.165) is 127 Å². The number of nitrogens with zero attached hydrogens (tertiary/aromatic N) is 3. The number of carbonyl (C=O) groups is 1. The third-order valence-corrected chi connectivity index (χ3v) is 17.3. The second-order valence-electron chi connectivity index (χ2n) is 22.4. The Balaban J connectivity index is 0.882. The van der Waals surface area contributed by atoms with Crippen LogP contribution in [0.5, 0.6) is 11.5 Å². The largest absolute Gasteiger partial charge is 0.492 e. The van der Waals surface area contributed by atoms with Crippen LogP contribution in [-0.4, -0.2) is 152 Å². The summed E-state index contributed by atoms with van der Waals surface area (Å²) in [4.78, 5) is 21.4. The van der Waals surface area contributed by atoms with E-state index in [1.54, 1.807) is 4.90 Å². The van der Waals surface area contributed by atoms with Gasteiger partial charge in [0.15, 0.2) is 0 Å². The summed E-state index contributed by atoms with van der Waals surface area (Å²) in [7, 11) is -1.92. The van der Waals surface area contributed by atoms with Gasteiger partial charge in [0, 0.05) is 76.5 Å². The maximum Gasteiger partial charge on any atom is 0.410 e. The lowest BCUT2D eigenvalue weighted by molar-refractivity contribution is -0.0622. The standard InChI is InChI=1S/C62H76F2N4O8Si/c1-77(2,3)43-59(60-61(55(20-22-65-60)47-14-18-51(64)19-15-47)75-42-45-37-49-9-5-7-11-53(49)57(39-45)73-35-29-67-26-32-71-33-27-67)76-62(69)68-23-21-54(46-12-16-50(63)17-13-46)58(40-68)74-41-44-36-48-8-4-6-10-52(48)56(38-44)72-34-28-66-24-30-70-31-25-66/h4-19,36-39,54-55,58-61,65H,20-35,40-43H2,1-3H3. The molecule has 0 saturated carbocycles. The van der Waals surface area contributed by atoms with E-state index in [2.05, 4.69) is 83.3 Å². The van der Waals surface area contributed by atoms with E-state index in [1.807, 2.05) is 48.5 Å². The van der Waals surface area contributed by atoms with Gasteiger partial charge in [-0.2, -0.15) is 0 Å². The molecule has 0 spiro atoms. The highest BCUT2D eigenvalue weighted by Crippen LogP contribution is 2.38. The molecule has 1 amide bonds. The first-order valence-electron chi connectivity index (χ1n) is 27.8. The Morgan fingerprint density at radius 1 is 0.649 bits per heavy atom. The maximum atomic E-state index is 14.9. The Hall–Kier alpha value is -5.49. The molecule has 0 aliphatic carbocycles. The molecule has 4 aliphatic rings. The highest BCUT2D eigenvalue weighted by atomic mass is 28.3. The fraction of sp³-hybridized carbons (Fsp3) is 0.468. The van der Waals surface area contributed by atoms with E-state index in [4.69, 9.17) is 33.2 Å². The van der Waals surface area contributed by atoms with E-state index in [0.29, 0.717) is 38.8 Å². The molecule has 4 saturated heterocycles. The minimum absolute atomic E-state index is 0.0952. The Labute approximate surface area is 453 Å². The second-order valence-corrected chi connectivity index (χ2v) is 27.9. The van der Waals surface area contributed by atoms with Gasteiger partial charge in [-0.15, -0.1) is 0 Å². The van der Waals surface area contributed by atoms with Gasteiger partial charge in [0.05, 0.1) is 64.4 Å². The number of ether oxygens (including phenoxy) is 7. The quantitative estimate of drug-likeness (QED) is 0.0740. The molecule has 4 fully saturated rings. The number of hydrogen-bond acceptors (Lipinski definition) is 11. The van der Waals surface area contributed by atoms with Gasteiger partial charge in [-0.25, -0.2) is 13.6 Å². The molecular formula is C62H76F2N4O8Si. The van der Waals surface area contributed by atoms with Gasteiger partial charge in [-0.1, -0.05) is 92.4 Å². The average molecular weight is 1070 g/mol. The third kappa shape index (κ3) is 14.6. The second kappa shape index (κ2) is 26.0. The Bertz CT molecular complexity index is 2860. The highest BCUT2D eigenvalue weighted by molar-refractivity contribution is 6.76. The van der Waals surface area contributed by atoms with Crippen LogP contribution >= 0.6 is 0 Å². The lowest BCUT2D eigenvalue weighted by atomic mass is 9.82. The Kier molecular flexibility index (Phi) is 18.5. The molecule has 4 heterocycles. The van der Waals surface area contributed by atoms with Gasteiger partial charge >= 0.3 is 6.09 Å². The molecule has 0 aromatic heterocycles. The van der Waals surface area contributed by atoms with Crippen molar-refractivity contribution in [2.24, 2.45) is 0 Å². The average Bonchev–Trinajstić information content (AvgIpc) is 3.48. The number of piperidine rings is 2. The molecule has 1 N–H and O–H groups in total. The molecule has 0 radical (unpaired) electrons. The molecule has 0 bridgehead atoms. The summed E-state index contributed by atoms with van der Waals surface area (Å²) >= 11 is 0. The van der Waals surface area contributed by atoms with Crippen molar-refractivity contribution in [2.45, 2.75) is 87.9 Å². The van der Waals surface area contributed by atoms with Gasteiger partial charge in [0.1, 0.15) is 42.5 Å². The number of amides is 1. The molecule has 410 valence electrons. The van der Waals surface area contributed by atoms with Crippen molar-refractivity contribution in [1.29, 1.82) is 0 Å². The summed E-state index contributed by atoms with van der Waals surface area (Å²) in [6.45, 7) is 18.1. The van der Waals surface area contributed by atoms with Crippen LogP contribution in [-0.2, 0) is 36.9 Å². The molecule has 6 atom stereocenters. The van der Waals surface area contributed by atoms with E-state index >= 15 is 0 Å². The number of benzene rings is 6. The number of carbonyl (C=O) groups excluding carboxylic acids is 1. The maximum absolute atomic E-state index is 14.9. The van der Waals surface area contributed by atoms with Crippen molar-refractivity contribution in [3.63, 3.8) is 0 Å². The van der Waals surface area contributed by atoms with Crippen LogP contribution in [0.3, 0.4) is 0 Å². The summed E-state index contributed by atoms with van der Waals surface area (Å²) in [5.74, 6) is 0.816. The lowest BCUT2D eigenvalue weighted by Gasteiger charge is -2.44. The van der Waals surface area contributed by atoms with Crippen molar-refractivity contribution in [3.05, 3.63) is 155 Å². The van der Waals surface area contributed by atoms with Crippen LogP contribution in [0.25, 0.3) is 21.5 Å². The van der Waals surface area contributed by atoms with Crippen LogP contribution in [0, 0.1) is 11.6 Å². The van der Waals surface area contributed by atoms with Gasteiger partial charge in [-0.05, 0) is 107 Å². The fourth-order valence-electron chi connectivity index (χ4n) is 11.6. The fourth-order valence-corrected chi connectivity index (χ4v) is 13.2. The molecular weight excluding hydrogens is 995 g/mol. The van der Waals surface area contributed by atoms with Crippen LogP contribution in [0.4, 0.5) is 13.6 Å². The van der Waals surface area contributed by atoms with E-state index in [-0.39, 0.29) is 49.3 Å². The lowest BCUT2D eigenvalue weighted by Crippen LogP contribution is -2.59. The topological polar surface area (TPSA) is 103 Å². The first kappa shape index (κ1) is 54.8. The zero-order valence-corrected chi connectivity index (χ0v) is 46.0. The van der Waals surface area contributed by atoms with Gasteiger partial charge in [0.2, 0.25) is 0 Å². The van der Waals surface area contributed by atoms with Gasteiger partial charge in [0.25, 0.3) is 0 Å². The molecule has 6 unspecified atom stereocenters. The number of hydrogen-bond donors (Lipinski definition) is 1. The predicted molar refractivity (Wildman–Crippen MR) is 300 cm³/mol. The monoisotopic (exact) mass is 1070 g/mol. The van der Waals surface area contributed by atoms with Crippen molar-refractivity contribution in [3.8, 4) is 11.5 Å². The van der Waals surface area contributed by atoms with Crippen molar-refractivity contribution < 1.29 is 46.7 Å². The highest BCUT2D eigenvalue weighted by Gasteiger charge is 2.44. The van der Waals surface area contributed by atoms with E-state index in [9.17, 15) is 13.6 Å². The molecule has 77 heavy (non-hydrogen) atoms. The minimum atomic E-state index is -1.92. The molecule has 12 nitrogen and oxygen atoms in total. The van der Waals surface area contributed by atoms with Crippen LogP contribution in [0.1, 0.15) is 46.9 Å². The van der Waals surface area contributed by atoms with Crippen molar-refractivity contribution in [1.82, 2.24) is 20.0 Å². The molecule has 6 aromatic rings. The van der Waals surface area contributed by atoms with Crippen molar-refractivity contribution >= 4 is 35.7 Å². The zero-order chi connectivity index (χ0) is 53.1. The summed E-state index contributed by atoms with van der Waals surface area (Å²) < 4.78 is 73.9. The predicted octanol–water partition coefficient (Wildman–Crippen LogP) is 10.6. The molecule has 10 rings (SSSR count).